The maximum atomic E-state index is 13.1. The molecule has 26 heavy (non-hydrogen) atoms. The first-order valence-corrected chi connectivity index (χ1v) is 8.73. The van der Waals surface area contributed by atoms with Crippen LogP contribution in [0.15, 0.2) is 48.5 Å². The highest BCUT2D eigenvalue weighted by atomic mass is 35.5. The number of nitrogens with zero attached hydrogens (tertiary/aromatic N) is 1. The average Bonchev–Trinajstić information content (AvgIpc) is 2.87. The Morgan fingerprint density at radius 1 is 1.19 bits per heavy atom. The Kier molecular flexibility index (Phi) is 4.20. The predicted molar refractivity (Wildman–Crippen MR) is 95.4 cm³/mol. The summed E-state index contributed by atoms with van der Waals surface area (Å²) in [5.41, 5.74) is -0.356. The zero-order valence-electron chi connectivity index (χ0n) is 13.9. The van der Waals surface area contributed by atoms with Crippen molar-refractivity contribution in [1.82, 2.24) is 10.2 Å². The van der Waals surface area contributed by atoms with Gasteiger partial charge in [-0.2, -0.15) is 0 Å². The van der Waals surface area contributed by atoms with Crippen molar-refractivity contribution in [3.05, 3.63) is 59.1 Å². The summed E-state index contributed by atoms with van der Waals surface area (Å²) in [6, 6.07) is 13.9. The van der Waals surface area contributed by atoms with Gasteiger partial charge >= 0.3 is 6.03 Å². The fourth-order valence-corrected chi connectivity index (χ4v) is 3.57. The van der Waals surface area contributed by atoms with E-state index in [1.165, 1.54) is 4.90 Å². The van der Waals surface area contributed by atoms with E-state index >= 15 is 0 Å². The van der Waals surface area contributed by atoms with Crippen LogP contribution in [0, 0.1) is 0 Å². The van der Waals surface area contributed by atoms with E-state index in [9.17, 15) is 9.59 Å². The molecule has 1 atom stereocenters. The highest BCUT2D eigenvalue weighted by Crippen LogP contribution is 2.40. The molecule has 0 aliphatic carbocycles. The standard InChI is InChI=1S/C19H17ClN2O4/c20-13-4-3-5-14(12-13)25-11-9-22-17(23)19(21-18(22)24)8-10-26-16-7-2-1-6-15(16)19/h1-7,12H,8-11H2,(H,21,24). The van der Waals surface area contributed by atoms with Gasteiger partial charge in [0.25, 0.3) is 5.91 Å². The van der Waals surface area contributed by atoms with E-state index in [2.05, 4.69) is 5.32 Å². The molecule has 1 spiro atoms. The second-order valence-corrected chi connectivity index (χ2v) is 6.63. The first-order valence-electron chi connectivity index (χ1n) is 8.35. The number of hydrogen-bond acceptors (Lipinski definition) is 4. The minimum Gasteiger partial charge on any atom is -0.493 e. The molecule has 1 saturated heterocycles. The zero-order valence-corrected chi connectivity index (χ0v) is 14.7. The van der Waals surface area contributed by atoms with Crippen molar-refractivity contribution in [3.63, 3.8) is 0 Å². The van der Waals surface area contributed by atoms with Crippen molar-refractivity contribution >= 4 is 23.5 Å². The number of para-hydroxylation sites is 1. The zero-order chi connectivity index (χ0) is 18.1. The van der Waals surface area contributed by atoms with Crippen LogP contribution in [-0.4, -0.2) is 36.6 Å². The Labute approximate surface area is 155 Å². The highest BCUT2D eigenvalue weighted by Gasteiger charge is 2.54. The third-order valence-electron chi connectivity index (χ3n) is 4.64. The van der Waals surface area contributed by atoms with Crippen molar-refractivity contribution in [1.29, 1.82) is 0 Å². The summed E-state index contributed by atoms with van der Waals surface area (Å²) >= 11 is 5.92. The van der Waals surface area contributed by atoms with Crippen LogP contribution in [0.5, 0.6) is 11.5 Å². The van der Waals surface area contributed by atoms with E-state index in [0.717, 1.165) is 0 Å². The molecule has 2 aliphatic heterocycles. The number of amides is 3. The van der Waals surface area contributed by atoms with Gasteiger partial charge in [0.2, 0.25) is 0 Å². The third-order valence-corrected chi connectivity index (χ3v) is 4.87. The molecule has 1 N–H and O–H groups in total. The van der Waals surface area contributed by atoms with Crippen LogP contribution in [0.3, 0.4) is 0 Å². The lowest BCUT2D eigenvalue weighted by Crippen LogP contribution is -2.47. The van der Waals surface area contributed by atoms with Gasteiger partial charge in [-0.1, -0.05) is 35.9 Å². The fraction of sp³-hybridized carbons (Fsp3) is 0.263. The molecule has 2 heterocycles. The Morgan fingerprint density at radius 3 is 2.88 bits per heavy atom. The normalized spacial score (nSPS) is 21.3. The molecule has 2 aromatic rings. The molecule has 1 unspecified atom stereocenters. The number of ether oxygens (including phenoxy) is 2. The molecule has 2 aromatic carbocycles. The van der Waals surface area contributed by atoms with E-state index in [1.807, 2.05) is 18.2 Å². The van der Waals surface area contributed by atoms with E-state index < -0.39 is 11.6 Å². The van der Waals surface area contributed by atoms with Gasteiger partial charge in [-0.05, 0) is 24.3 Å². The van der Waals surface area contributed by atoms with Gasteiger partial charge in [0, 0.05) is 17.0 Å². The van der Waals surface area contributed by atoms with E-state index in [4.69, 9.17) is 21.1 Å². The second kappa shape index (κ2) is 6.53. The van der Waals surface area contributed by atoms with Crippen LogP contribution in [0.2, 0.25) is 5.02 Å². The van der Waals surface area contributed by atoms with Crippen molar-refractivity contribution in [2.45, 2.75) is 12.0 Å². The molecular formula is C19H17ClN2O4. The minimum atomic E-state index is -1.05. The van der Waals surface area contributed by atoms with Crippen LogP contribution in [0.1, 0.15) is 12.0 Å². The number of carbonyl (C=O) groups excluding carboxylic acids is 2. The number of halogens is 1. The Balaban J connectivity index is 1.50. The molecule has 134 valence electrons. The summed E-state index contributed by atoms with van der Waals surface area (Å²) in [6.07, 6.45) is 0.403. The number of rotatable bonds is 4. The van der Waals surface area contributed by atoms with Crippen LogP contribution < -0.4 is 14.8 Å². The third kappa shape index (κ3) is 2.76. The molecule has 0 saturated carbocycles. The molecule has 7 heteroatoms. The summed E-state index contributed by atoms with van der Waals surface area (Å²) in [5.74, 6) is 0.952. The monoisotopic (exact) mass is 372 g/mol. The summed E-state index contributed by atoms with van der Waals surface area (Å²) in [6.45, 7) is 0.714. The smallest absolute Gasteiger partial charge is 0.325 e. The highest BCUT2D eigenvalue weighted by molar-refractivity contribution is 6.30. The van der Waals surface area contributed by atoms with E-state index in [1.54, 1.807) is 30.3 Å². The number of nitrogens with one attached hydrogen (secondary N) is 1. The quantitative estimate of drug-likeness (QED) is 0.838. The molecule has 6 nitrogen and oxygen atoms in total. The van der Waals surface area contributed by atoms with Crippen molar-refractivity contribution in [2.24, 2.45) is 0 Å². The van der Waals surface area contributed by atoms with Crippen LogP contribution in [0.4, 0.5) is 4.79 Å². The first-order chi connectivity index (χ1) is 12.6. The fourth-order valence-electron chi connectivity index (χ4n) is 3.39. The predicted octanol–water partition coefficient (Wildman–Crippen LogP) is 2.95. The lowest BCUT2D eigenvalue weighted by molar-refractivity contribution is -0.132. The molecule has 1 fully saturated rings. The number of fused-ring (bicyclic) bond motifs is 2. The summed E-state index contributed by atoms with van der Waals surface area (Å²) in [5, 5.41) is 3.43. The second-order valence-electron chi connectivity index (χ2n) is 6.19. The molecule has 3 amide bonds. The maximum Gasteiger partial charge on any atom is 0.325 e. The van der Waals surface area contributed by atoms with Crippen molar-refractivity contribution in [2.75, 3.05) is 19.8 Å². The molecule has 0 bridgehead atoms. The Hall–Kier alpha value is -2.73. The van der Waals surface area contributed by atoms with Gasteiger partial charge in [0.15, 0.2) is 5.54 Å². The van der Waals surface area contributed by atoms with Gasteiger partial charge in [-0.3, -0.25) is 9.69 Å². The van der Waals surface area contributed by atoms with Crippen LogP contribution in [-0.2, 0) is 10.3 Å². The number of urea groups is 1. The Bertz CT molecular complexity index is 872. The Morgan fingerprint density at radius 2 is 2.04 bits per heavy atom. The van der Waals surface area contributed by atoms with Crippen LogP contribution >= 0.6 is 11.6 Å². The molecule has 0 aromatic heterocycles. The molecule has 0 radical (unpaired) electrons. The van der Waals surface area contributed by atoms with Crippen molar-refractivity contribution in [3.8, 4) is 11.5 Å². The SMILES string of the molecule is O=C1NC2(CCOc3ccccc32)C(=O)N1CCOc1cccc(Cl)c1. The number of benzene rings is 2. The average molecular weight is 373 g/mol. The minimum absolute atomic E-state index is 0.155. The topological polar surface area (TPSA) is 67.9 Å². The van der Waals surface area contributed by atoms with Gasteiger partial charge in [-0.15, -0.1) is 0 Å². The maximum absolute atomic E-state index is 13.1. The summed E-state index contributed by atoms with van der Waals surface area (Å²) in [4.78, 5) is 26.7. The van der Waals surface area contributed by atoms with E-state index in [-0.39, 0.29) is 19.1 Å². The lowest BCUT2D eigenvalue weighted by Gasteiger charge is -2.33. The first kappa shape index (κ1) is 16.7. The summed E-state index contributed by atoms with van der Waals surface area (Å²) < 4.78 is 11.2. The van der Waals surface area contributed by atoms with Gasteiger partial charge in [-0.25, -0.2) is 4.79 Å². The number of imide groups is 1. The number of hydrogen-bond donors (Lipinski definition) is 1. The van der Waals surface area contributed by atoms with Crippen molar-refractivity contribution < 1.29 is 19.1 Å². The van der Waals surface area contributed by atoms with Crippen LogP contribution in [0.25, 0.3) is 0 Å². The molecular weight excluding hydrogens is 356 g/mol. The van der Waals surface area contributed by atoms with Gasteiger partial charge in [0.05, 0.1) is 13.2 Å². The molecule has 2 aliphatic rings. The summed E-state index contributed by atoms with van der Waals surface area (Å²) in [7, 11) is 0. The van der Waals surface area contributed by atoms with E-state index in [0.29, 0.717) is 35.1 Å². The largest absolute Gasteiger partial charge is 0.493 e. The lowest BCUT2D eigenvalue weighted by atomic mass is 9.84. The van der Waals surface area contributed by atoms with Gasteiger partial charge < -0.3 is 14.8 Å². The van der Waals surface area contributed by atoms with Gasteiger partial charge in [0.1, 0.15) is 18.1 Å². The molecule has 4 rings (SSSR count). The number of carbonyl (C=O) groups is 2.